The standard InChI is InChI=1S/C31H40O4/c1-5-20-6-8-21(9-7-20)23-16-29(4)24(10-11-26(29)32)22-12-14-30(33)17-31(15-13-25(30)27(22)23)34-18-28(2,3)19-35-31/h5-9,22-24,33H,1,10-19H2,2-4H3/t22?,23?,24?,29?,30-/m1/s1. The molecule has 35 heavy (non-hydrogen) atoms. The number of carbonyl (C=O) groups excluding carboxylic acids is 1. The van der Waals surface area contributed by atoms with E-state index in [1.54, 1.807) is 0 Å². The number of ketones is 1. The predicted octanol–water partition coefficient (Wildman–Crippen LogP) is 6.19. The highest BCUT2D eigenvalue weighted by Crippen LogP contribution is 2.64. The van der Waals surface area contributed by atoms with Gasteiger partial charge in [0, 0.05) is 36.0 Å². The lowest BCUT2D eigenvalue weighted by Crippen LogP contribution is -2.57. The van der Waals surface area contributed by atoms with Gasteiger partial charge in [0.15, 0.2) is 5.79 Å². The minimum absolute atomic E-state index is 0.00973. The highest BCUT2D eigenvalue weighted by molar-refractivity contribution is 5.87. The van der Waals surface area contributed by atoms with Crippen LogP contribution in [0.25, 0.3) is 6.08 Å². The number of Topliss-reactive ketones (excluding diaryl/α,β-unsaturated/α-hetero) is 1. The summed E-state index contributed by atoms with van der Waals surface area (Å²) < 4.78 is 12.7. The molecular formula is C31H40O4. The highest BCUT2D eigenvalue weighted by Gasteiger charge is 2.60. The number of benzene rings is 1. The zero-order valence-corrected chi connectivity index (χ0v) is 21.6. The quantitative estimate of drug-likeness (QED) is 0.517. The fourth-order valence-corrected chi connectivity index (χ4v) is 8.19. The molecule has 3 saturated carbocycles. The summed E-state index contributed by atoms with van der Waals surface area (Å²) in [5.74, 6) is 0.708. The van der Waals surface area contributed by atoms with Gasteiger partial charge >= 0.3 is 0 Å². The van der Waals surface area contributed by atoms with Crippen LogP contribution >= 0.6 is 0 Å². The fourth-order valence-electron chi connectivity index (χ4n) is 8.19. The lowest BCUT2D eigenvalue weighted by atomic mass is 9.51. The van der Waals surface area contributed by atoms with E-state index in [0.717, 1.165) is 44.1 Å². The van der Waals surface area contributed by atoms with E-state index in [4.69, 9.17) is 9.47 Å². The molecule has 0 amide bonds. The first-order valence-corrected chi connectivity index (χ1v) is 13.6. The van der Waals surface area contributed by atoms with Gasteiger partial charge in [-0.3, -0.25) is 4.79 Å². The molecule has 0 aromatic heterocycles. The number of carbonyl (C=O) groups is 1. The Kier molecular flexibility index (Phi) is 5.32. The maximum Gasteiger partial charge on any atom is 0.171 e. The Balaban J connectivity index is 1.42. The summed E-state index contributed by atoms with van der Waals surface area (Å²) in [7, 11) is 0. The molecule has 1 saturated heterocycles. The summed E-state index contributed by atoms with van der Waals surface area (Å²) >= 11 is 0. The van der Waals surface area contributed by atoms with Crippen molar-refractivity contribution in [3.05, 3.63) is 53.1 Å². The summed E-state index contributed by atoms with van der Waals surface area (Å²) in [5, 5.41) is 12.2. The average Bonchev–Trinajstić information content (AvgIpc) is 3.14. The van der Waals surface area contributed by atoms with Crippen LogP contribution in [0.15, 0.2) is 42.0 Å². The van der Waals surface area contributed by atoms with Crippen LogP contribution in [0.2, 0.25) is 0 Å². The summed E-state index contributed by atoms with van der Waals surface area (Å²) in [6.45, 7) is 11.8. The topological polar surface area (TPSA) is 55.8 Å². The van der Waals surface area contributed by atoms with E-state index < -0.39 is 11.4 Å². The first-order chi connectivity index (χ1) is 16.6. The minimum atomic E-state index is -0.888. The molecule has 4 nitrogen and oxygen atoms in total. The number of aliphatic hydroxyl groups is 1. The third-order valence-electron chi connectivity index (χ3n) is 10.1. The Morgan fingerprint density at radius 1 is 1.03 bits per heavy atom. The van der Waals surface area contributed by atoms with Gasteiger partial charge in [-0.25, -0.2) is 0 Å². The van der Waals surface area contributed by atoms with Crippen LogP contribution in [0.5, 0.6) is 0 Å². The molecule has 0 bridgehead atoms. The van der Waals surface area contributed by atoms with Crippen molar-refractivity contribution in [1.29, 1.82) is 0 Å². The second-order valence-electron chi connectivity index (χ2n) is 13.1. The first kappa shape index (κ1) is 23.6. The molecule has 1 aromatic carbocycles. The Labute approximate surface area is 209 Å². The largest absolute Gasteiger partial charge is 0.385 e. The van der Waals surface area contributed by atoms with Gasteiger partial charge in [-0.15, -0.1) is 0 Å². The lowest BCUT2D eigenvalue weighted by molar-refractivity contribution is -0.322. The van der Waals surface area contributed by atoms with Crippen molar-refractivity contribution in [1.82, 2.24) is 0 Å². The van der Waals surface area contributed by atoms with Crippen LogP contribution in [0.4, 0.5) is 0 Å². The molecule has 1 N–H and O–H groups in total. The van der Waals surface area contributed by atoms with Crippen LogP contribution in [0.1, 0.15) is 89.2 Å². The molecule has 1 spiro atoms. The molecular weight excluding hydrogens is 436 g/mol. The van der Waals surface area contributed by atoms with Crippen LogP contribution in [-0.4, -0.2) is 35.5 Å². The molecule has 4 aliphatic carbocycles. The first-order valence-electron chi connectivity index (χ1n) is 13.6. The maximum absolute atomic E-state index is 13.2. The van der Waals surface area contributed by atoms with E-state index in [1.807, 2.05) is 6.08 Å². The summed E-state index contributed by atoms with van der Waals surface area (Å²) in [5.41, 5.74) is 3.90. The fraction of sp³-hybridized carbons (Fsp3) is 0.645. The zero-order valence-electron chi connectivity index (χ0n) is 21.6. The monoisotopic (exact) mass is 476 g/mol. The van der Waals surface area contributed by atoms with Gasteiger partial charge in [-0.1, -0.05) is 63.3 Å². The average molecular weight is 477 g/mol. The number of fused-ring (bicyclic) bond motifs is 4. The van der Waals surface area contributed by atoms with Crippen molar-refractivity contribution in [3.63, 3.8) is 0 Å². The van der Waals surface area contributed by atoms with Crippen molar-refractivity contribution in [2.75, 3.05) is 13.2 Å². The third kappa shape index (κ3) is 3.62. The number of ether oxygens (including phenoxy) is 2. The molecule has 6 rings (SSSR count). The van der Waals surface area contributed by atoms with Crippen LogP contribution < -0.4 is 0 Å². The number of rotatable bonds is 2. The van der Waals surface area contributed by atoms with Crippen molar-refractivity contribution >= 4 is 11.9 Å². The summed E-state index contributed by atoms with van der Waals surface area (Å²) in [6, 6.07) is 8.68. The molecule has 1 aromatic rings. The normalized spacial score (nSPS) is 39.7. The van der Waals surface area contributed by atoms with Gasteiger partial charge in [0.1, 0.15) is 5.78 Å². The molecule has 1 aliphatic heterocycles. The van der Waals surface area contributed by atoms with Crippen molar-refractivity contribution in [2.24, 2.45) is 22.7 Å². The van der Waals surface area contributed by atoms with E-state index in [2.05, 4.69) is 51.6 Å². The van der Waals surface area contributed by atoms with Crippen molar-refractivity contribution in [3.8, 4) is 0 Å². The van der Waals surface area contributed by atoms with E-state index in [1.165, 1.54) is 16.7 Å². The number of allylic oxidation sites excluding steroid dienone is 1. The summed E-state index contributed by atoms with van der Waals surface area (Å²) in [6.07, 6.45) is 8.20. The molecule has 188 valence electrons. The minimum Gasteiger partial charge on any atom is -0.385 e. The summed E-state index contributed by atoms with van der Waals surface area (Å²) in [4.78, 5) is 13.2. The molecule has 4 unspecified atom stereocenters. The van der Waals surface area contributed by atoms with Crippen LogP contribution in [0, 0.1) is 22.7 Å². The maximum atomic E-state index is 13.2. The smallest absolute Gasteiger partial charge is 0.171 e. The van der Waals surface area contributed by atoms with E-state index in [-0.39, 0.29) is 16.7 Å². The van der Waals surface area contributed by atoms with Crippen LogP contribution in [-0.2, 0) is 14.3 Å². The molecule has 1 heterocycles. The molecule has 5 atom stereocenters. The zero-order chi connectivity index (χ0) is 24.6. The molecule has 0 radical (unpaired) electrons. The SMILES string of the molecule is C=Cc1ccc(C2CC3(C)C(=O)CCC3C3CC[C@@]4(O)CC5(CCC4=C23)OCC(C)(C)CO5)cc1. The van der Waals surface area contributed by atoms with Gasteiger partial charge in [0.2, 0.25) is 0 Å². The van der Waals surface area contributed by atoms with Crippen LogP contribution in [0.3, 0.4) is 0 Å². The Morgan fingerprint density at radius 3 is 2.43 bits per heavy atom. The number of hydrogen-bond acceptors (Lipinski definition) is 4. The molecule has 4 fully saturated rings. The van der Waals surface area contributed by atoms with Gasteiger partial charge in [0.25, 0.3) is 0 Å². The van der Waals surface area contributed by atoms with Crippen molar-refractivity contribution < 1.29 is 19.4 Å². The van der Waals surface area contributed by atoms with Gasteiger partial charge in [0.05, 0.1) is 18.8 Å². The van der Waals surface area contributed by atoms with E-state index in [0.29, 0.717) is 43.7 Å². The van der Waals surface area contributed by atoms with Crippen molar-refractivity contribution in [2.45, 2.75) is 89.4 Å². The van der Waals surface area contributed by atoms with E-state index >= 15 is 0 Å². The highest BCUT2D eigenvalue weighted by atomic mass is 16.7. The van der Waals surface area contributed by atoms with E-state index in [9.17, 15) is 9.90 Å². The van der Waals surface area contributed by atoms with Gasteiger partial charge < -0.3 is 14.6 Å². The molecule has 4 heteroatoms. The van der Waals surface area contributed by atoms with Gasteiger partial charge in [-0.2, -0.15) is 0 Å². The Bertz CT molecular complexity index is 1070. The predicted molar refractivity (Wildman–Crippen MR) is 137 cm³/mol. The lowest BCUT2D eigenvalue weighted by Gasteiger charge is -2.56. The Hall–Kier alpha value is -1.75. The second-order valence-corrected chi connectivity index (χ2v) is 13.1. The molecule has 5 aliphatic rings. The number of hydrogen-bond donors (Lipinski definition) is 1. The Morgan fingerprint density at radius 2 is 1.74 bits per heavy atom. The second kappa shape index (κ2) is 7.87. The third-order valence-corrected chi connectivity index (χ3v) is 10.1. The van der Waals surface area contributed by atoms with Gasteiger partial charge in [-0.05, 0) is 60.6 Å².